The predicted molar refractivity (Wildman–Crippen MR) is 108 cm³/mol. The Labute approximate surface area is 159 Å². The van der Waals surface area contributed by atoms with Gasteiger partial charge in [0.2, 0.25) is 0 Å². The van der Waals surface area contributed by atoms with Gasteiger partial charge in [-0.2, -0.15) is 9.61 Å². The minimum absolute atomic E-state index is 0.0637. The molecule has 1 aliphatic heterocycles. The van der Waals surface area contributed by atoms with Gasteiger partial charge in [-0.15, -0.1) is 0 Å². The van der Waals surface area contributed by atoms with Gasteiger partial charge >= 0.3 is 0 Å². The molecule has 1 aliphatic rings. The standard InChI is InChI=1S/C21H25N5O/c1-21(2,3)16-8-6-15(7-9-16)20(27)24-17-14-19(25-12-4-5-13-25)26-18(23-17)10-11-22-26/h6-11,14H,4-5,12-13H2,1-3H3,(H,23,24,27). The number of carbonyl (C=O) groups is 1. The molecule has 1 amide bonds. The SMILES string of the molecule is CC(C)(C)c1ccc(C(=O)Nc2cc(N3CCCC3)n3nccc3n2)cc1. The highest BCUT2D eigenvalue weighted by atomic mass is 16.1. The van der Waals surface area contributed by atoms with Crippen molar-refractivity contribution in [2.75, 3.05) is 23.3 Å². The lowest BCUT2D eigenvalue weighted by Gasteiger charge is -2.20. The Balaban J connectivity index is 1.60. The molecule has 140 valence electrons. The molecule has 6 heteroatoms. The van der Waals surface area contributed by atoms with Crippen molar-refractivity contribution >= 4 is 23.2 Å². The molecular weight excluding hydrogens is 338 g/mol. The van der Waals surface area contributed by atoms with Gasteiger partial charge in [-0.3, -0.25) is 4.79 Å². The van der Waals surface area contributed by atoms with Crippen LogP contribution in [0.2, 0.25) is 0 Å². The maximum Gasteiger partial charge on any atom is 0.256 e. The summed E-state index contributed by atoms with van der Waals surface area (Å²) in [7, 11) is 0. The molecule has 2 aromatic heterocycles. The van der Waals surface area contributed by atoms with Crippen molar-refractivity contribution in [1.82, 2.24) is 14.6 Å². The summed E-state index contributed by atoms with van der Waals surface area (Å²) in [5.74, 6) is 1.37. The van der Waals surface area contributed by atoms with Gasteiger partial charge in [-0.1, -0.05) is 32.9 Å². The van der Waals surface area contributed by atoms with Crippen molar-refractivity contribution in [3.05, 3.63) is 53.7 Å². The molecule has 3 heterocycles. The van der Waals surface area contributed by atoms with Crippen LogP contribution in [0.25, 0.3) is 5.65 Å². The van der Waals surface area contributed by atoms with E-state index in [0.29, 0.717) is 11.4 Å². The second-order valence-electron chi connectivity index (χ2n) is 8.08. The fourth-order valence-corrected chi connectivity index (χ4v) is 3.44. The van der Waals surface area contributed by atoms with Crippen molar-refractivity contribution in [3.8, 4) is 0 Å². The quantitative estimate of drug-likeness (QED) is 0.767. The summed E-state index contributed by atoms with van der Waals surface area (Å²) in [5, 5.41) is 7.32. The second-order valence-corrected chi connectivity index (χ2v) is 8.08. The molecule has 0 spiro atoms. The van der Waals surface area contributed by atoms with Crippen molar-refractivity contribution < 1.29 is 4.79 Å². The van der Waals surface area contributed by atoms with Crippen molar-refractivity contribution in [2.45, 2.75) is 39.0 Å². The number of anilines is 2. The minimum Gasteiger partial charge on any atom is -0.356 e. The number of rotatable bonds is 3. The molecule has 27 heavy (non-hydrogen) atoms. The number of aromatic nitrogens is 3. The zero-order chi connectivity index (χ0) is 19.0. The van der Waals surface area contributed by atoms with Gasteiger partial charge in [0.1, 0.15) is 11.6 Å². The van der Waals surface area contributed by atoms with Gasteiger partial charge in [0.25, 0.3) is 5.91 Å². The van der Waals surface area contributed by atoms with E-state index < -0.39 is 0 Å². The van der Waals surface area contributed by atoms with Gasteiger partial charge in [0.15, 0.2) is 5.65 Å². The predicted octanol–water partition coefficient (Wildman–Crippen LogP) is 3.88. The first-order valence-corrected chi connectivity index (χ1v) is 9.43. The van der Waals surface area contributed by atoms with Crippen LogP contribution in [0.3, 0.4) is 0 Å². The van der Waals surface area contributed by atoms with E-state index in [1.165, 1.54) is 18.4 Å². The Morgan fingerprint density at radius 2 is 1.78 bits per heavy atom. The summed E-state index contributed by atoms with van der Waals surface area (Å²) in [6.45, 7) is 8.48. The molecule has 0 atom stereocenters. The van der Waals surface area contributed by atoms with Gasteiger partial charge in [0.05, 0.1) is 6.20 Å². The van der Waals surface area contributed by atoms with E-state index in [1.807, 2.05) is 40.9 Å². The third-order valence-corrected chi connectivity index (χ3v) is 5.03. The van der Waals surface area contributed by atoms with E-state index in [1.54, 1.807) is 6.20 Å². The number of nitrogens with zero attached hydrogens (tertiary/aromatic N) is 4. The molecule has 0 bridgehead atoms. The first-order valence-electron chi connectivity index (χ1n) is 9.43. The lowest BCUT2D eigenvalue weighted by Crippen LogP contribution is -2.22. The van der Waals surface area contributed by atoms with Crippen LogP contribution >= 0.6 is 0 Å². The number of carbonyl (C=O) groups excluding carboxylic acids is 1. The van der Waals surface area contributed by atoms with Crippen LogP contribution in [0.15, 0.2) is 42.6 Å². The van der Waals surface area contributed by atoms with Gasteiger partial charge in [0, 0.05) is 30.8 Å². The average molecular weight is 363 g/mol. The molecule has 0 aliphatic carbocycles. The molecule has 0 unspecified atom stereocenters. The molecule has 1 fully saturated rings. The van der Waals surface area contributed by atoms with Gasteiger partial charge < -0.3 is 10.2 Å². The van der Waals surface area contributed by atoms with Gasteiger partial charge in [-0.05, 0) is 36.0 Å². The highest BCUT2D eigenvalue weighted by molar-refractivity contribution is 6.04. The summed E-state index contributed by atoms with van der Waals surface area (Å²) in [6.07, 6.45) is 4.08. The highest BCUT2D eigenvalue weighted by Gasteiger charge is 2.19. The molecule has 4 rings (SSSR count). The van der Waals surface area contributed by atoms with E-state index in [-0.39, 0.29) is 11.3 Å². The Morgan fingerprint density at radius 1 is 1.07 bits per heavy atom. The number of hydrogen-bond donors (Lipinski definition) is 1. The molecular formula is C21H25N5O. The average Bonchev–Trinajstić information content (AvgIpc) is 3.32. The minimum atomic E-state index is -0.154. The van der Waals surface area contributed by atoms with Crippen LogP contribution in [0.1, 0.15) is 49.5 Å². The number of hydrogen-bond acceptors (Lipinski definition) is 4. The third kappa shape index (κ3) is 3.52. The normalized spacial score (nSPS) is 14.7. The Kier molecular flexibility index (Phi) is 4.34. The van der Waals surface area contributed by atoms with Crippen molar-refractivity contribution in [3.63, 3.8) is 0 Å². The van der Waals surface area contributed by atoms with Crippen molar-refractivity contribution in [1.29, 1.82) is 0 Å². The summed E-state index contributed by atoms with van der Waals surface area (Å²) >= 11 is 0. The topological polar surface area (TPSA) is 62.5 Å². The summed E-state index contributed by atoms with van der Waals surface area (Å²) in [4.78, 5) is 19.5. The lowest BCUT2D eigenvalue weighted by molar-refractivity contribution is 0.102. The fourth-order valence-electron chi connectivity index (χ4n) is 3.44. The maximum atomic E-state index is 12.7. The summed E-state index contributed by atoms with van der Waals surface area (Å²) < 4.78 is 1.83. The zero-order valence-electron chi connectivity index (χ0n) is 16.1. The molecule has 1 saturated heterocycles. The van der Waals surface area contributed by atoms with Crippen LogP contribution in [-0.4, -0.2) is 33.6 Å². The van der Waals surface area contributed by atoms with E-state index in [4.69, 9.17) is 0 Å². The van der Waals surface area contributed by atoms with E-state index in [9.17, 15) is 4.79 Å². The first-order chi connectivity index (χ1) is 12.9. The zero-order valence-corrected chi connectivity index (χ0v) is 16.1. The van der Waals surface area contributed by atoms with E-state index in [0.717, 1.165) is 24.6 Å². The molecule has 6 nitrogen and oxygen atoms in total. The smallest absolute Gasteiger partial charge is 0.256 e. The molecule has 0 saturated carbocycles. The van der Waals surface area contributed by atoms with Crippen LogP contribution in [0.4, 0.5) is 11.6 Å². The summed E-state index contributed by atoms with van der Waals surface area (Å²) in [5.41, 5.74) is 2.63. The number of amides is 1. The van der Waals surface area contributed by atoms with Gasteiger partial charge in [-0.25, -0.2) is 4.98 Å². The van der Waals surface area contributed by atoms with Crippen LogP contribution in [-0.2, 0) is 5.41 Å². The first kappa shape index (κ1) is 17.5. The second kappa shape index (κ2) is 6.68. The third-order valence-electron chi connectivity index (χ3n) is 5.03. The number of fused-ring (bicyclic) bond motifs is 1. The largest absolute Gasteiger partial charge is 0.356 e. The Bertz CT molecular complexity index is 962. The molecule has 1 aromatic carbocycles. The molecule has 3 aromatic rings. The Morgan fingerprint density at radius 3 is 2.44 bits per heavy atom. The lowest BCUT2D eigenvalue weighted by atomic mass is 9.87. The van der Waals surface area contributed by atoms with Crippen LogP contribution < -0.4 is 10.2 Å². The summed E-state index contributed by atoms with van der Waals surface area (Å²) in [6, 6.07) is 11.5. The maximum absolute atomic E-state index is 12.7. The fraction of sp³-hybridized carbons (Fsp3) is 0.381. The Hall–Kier alpha value is -2.89. The number of benzene rings is 1. The monoisotopic (exact) mass is 363 g/mol. The van der Waals surface area contributed by atoms with Crippen molar-refractivity contribution in [2.24, 2.45) is 0 Å². The molecule has 0 radical (unpaired) electrons. The van der Waals surface area contributed by atoms with E-state index in [2.05, 4.69) is 41.1 Å². The van der Waals surface area contributed by atoms with Crippen LogP contribution in [0.5, 0.6) is 0 Å². The molecule has 1 N–H and O–H groups in total. The van der Waals surface area contributed by atoms with E-state index >= 15 is 0 Å². The van der Waals surface area contributed by atoms with Crippen LogP contribution in [0, 0.1) is 0 Å². The highest BCUT2D eigenvalue weighted by Crippen LogP contribution is 2.25. The number of nitrogens with one attached hydrogen (secondary N) is 1.